The second-order valence-corrected chi connectivity index (χ2v) is 6.47. The molecule has 2 aromatic rings. The Bertz CT molecular complexity index is 876. The molecule has 1 heterocycles. The lowest BCUT2D eigenvalue weighted by molar-refractivity contribution is -0.113. The van der Waals surface area contributed by atoms with Crippen molar-refractivity contribution in [2.45, 2.75) is 19.9 Å². The molecule has 1 atom stereocenters. The van der Waals surface area contributed by atoms with E-state index in [0.717, 1.165) is 11.3 Å². The maximum absolute atomic E-state index is 12.9. The third-order valence-electron chi connectivity index (χ3n) is 4.14. The highest BCUT2D eigenvalue weighted by Crippen LogP contribution is 2.29. The molecule has 27 heavy (non-hydrogen) atoms. The summed E-state index contributed by atoms with van der Waals surface area (Å²) in [6.07, 6.45) is 0. The van der Waals surface area contributed by atoms with E-state index in [1.54, 1.807) is 31.2 Å². The number of benzene rings is 2. The average Bonchev–Trinajstić information content (AvgIpc) is 2.64. The fourth-order valence-corrected chi connectivity index (χ4v) is 3.03. The van der Waals surface area contributed by atoms with Crippen molar-refractivity contribution in [1.82, 2.24) is 10.6 Å². The molecule has 0 spiro atoms. The molecule has 3 amide bonds. The molecule has 0 aromatic heterocycles. The van der Waals surface area contributed by atoms with E-state index in [2.05, 4.69) is 16.0 Å². The smallest absolute Gasteiger partial charge is 0.319 e. The van der Waals surface area contributed by atoms with E-state index in [9.17, 15) is 9.59 Å². The molecule has 3 rings (SSSR count). The van der Waals surface area contributed by atoms with Gasteiger partial charge in [-0.2, -0.15) is 0 Å². The second-order valence-electron chi connectivity index (χ2n) is 6.03. The molecule has 0 saturated carbocycles. The van der Waals surface area contributed by atoms with Gasteiger partial charge in [0, 0.05) is 16.4 Å². The largest absolute Gasteiger partial charge is 0.494 e. The molecule has 6 nitrogen and oxygen atoms in total. The Morgan fingerprint density at radius 1 is 1.15 bits per heavy atom. The van der Waals surface area contributed by atoms with E-state index in [0.29, 0.717) is 28.6 Å². The van der Waals surface area contributed by atoms with Crippen molar-refractivity contribution < 1.29 is 14.3 Å². The monoisotopic (exact) mass is 385 g/mol. The van der Waals surface area contributed by atoms with Gasteiger partial charge in [-0.1, -0.05) is 23.7 Å². The third kappa shape index (κ3) is 4.41. The number of nitrogens with one attached hydrogen (secondary N) is 3. The molecule has 0 aliphatic carbocycles. The lowest BCUT2D eigenvalue weighted by atomic mass is 9.94. The summed E-state index contributed by atoms with van der Waals surface area (Å²) in [4.78, 5) is 24.9. The Balaban J connectivity index is 1.89. The van der Waals surface area contributed by atoms with Crippen molar-refractivity contribution in [3.63, 3.8) is 0 Å². The van der Waals surface area contributed by atoms with E-state index in [1.165, 1.54) is 0 Å². The molecule has 1 aliphatic rings. The van der Waals surface area contributed by atoms with E-state index in [1.807, 2.05) is 31.2 Å². The zero-order valence-corrected chi connectivity index (χ0v) is 15.8. The highest BCUT2D eigenvalue weighted by molar-refractivity contribution is 6.30. The topological polar surface area (TPSA) is 79.5 Å². The number of carbonyl (C=O) groups excluding carboxylic acids is 2. The molecular formula is C20H20ClN3O3. The van der Waals surface area contributed by atoms with Crippen LogP contribution < -0.4 is 20.7 Å². The summed E-state index contributed by atoms with van der Waals surface area (Å²) in [7, 11) is 0. The zero-order chi connectivity index (χ0) is 19.4. The Morgan fingerprint density at radius 3 is 2.44 bits per heavy atom. The summed E-state index contributed by atoms with van der Waals surface area (Å²) in [6, 6.07) is 13.2. The number of halogens is 1. The summed E-state index contributed by atoms with van der Waals surface area (Å²) in [5, 5.41) is 8.90. The van der Waals surface area contributed by atoms with Gasteiger partial charge in [0.2, 0.25) is 0 Å². The summed E-state index contributed by atoms with van der Waals surface area (Å²) in [5.41, 5.74) is 2.35. The van der Waals surface area contributed by atoms with Crippen molar-refractivity contribution in [3.8, 4) is 5.75 Å². The minimum Gasteiger partial charge on any atom is -0.494 e. The van der Waals surface area contributed by atoms with Crippen LogP contribution in [0.3, 0.4) is 0 Å². The SMILES string of the molecule is CCOc1ccc([C@@H]2NC(=O)NC(C)=C2C(=O)Nc2ccc(Cl)cc2)cc1. The van der Waals surface area contributed by atoms with Crippen molar-refractivity contribution >= 4 is 29.2 Å². The van der Waals surface area contributed by atoms with Gasteiger partial charge < -0.3 is 20.7 Å². The summed E-state index contributed by atoms with van der Waals surface area (Å²) in [6.45, 7) is 4.18. The average molecular weight is 386 g/mol. The van der Waals surface area contributed by atoms with Crippen LogP contribution in [0.5, 0.6) is 5.75 Å². The second kappa shape index (κ2) is 8.14. The number of ether oxygens (including phenoxy) is 1. The Morgan fingerprint density at radius 2 is 1.81 bits per heavy atom. The summed E-state index contributed by atoms with van der Waals surface area (Å²) in [5.74, 6) is 0.426. The Labute approximate surface area is 162 Å². The maximum Gasteiger partial charge on any atom is 0.319 e. The van der Waals surface area contributed by atoms with Gasteiger partial charge in [0.1, 0.15) is 5.75 Å². The third-order valence-corrected chi connectivity index (χ3v) is 4.39. The molecule has 7 heteroatoms. The van der Waals surface area contributed by atoms with Crippen molar-refractivity contribution in [2.75, 3.05) is 11.9 Å². The van der Waals surface area contributed by atoms with Crippen molar-refractivity contribution in [1.29, 1.82) is 0 Å². The standard InChI is InChI=1S/C20H20ClN3O3/c1-3-27-16-10-4-13(5-11-16)18-17(12(2)22-20(26)24-18)19(25)23-15-8-6-14(21)7-9-15/h4-11,18H,3H2,1-2H3,(H,23,25)(H2,22,24,26)/t18-/m0/s1. The molecule has 0 radical (unpaired) electrons. The molecule has 0 saturated heterocycles. The Kier molecular flexibility index (Phi) is 5.66. The van der Waals surface area contributed by atoms with Gasteiger partial charge in [-0.15, -0.1) is 0 Å². The molecule has 0 bridgehead atoms. The molecular weight excluding hydrogens is 366 g/mol. The number of hydrogen-bond donors (Lipinski definition) is 3. The van der Waals surface area contributed by atoms with Gasteiger partial charge >= 0.3 is 6.03 Å². The first-order chi connectivity index (χ1) is 13.0. The first-order valence-corrected chi connectivity index (χ1v) is 8.93. The van der Waals surface area contributed by atoms with Gasteiger partial charge in [0.25, 0.3) is 5.91 Å². The lowest BCUT2D eigenvalue weighted by Crippen LogP contribution is -2.45. The van der Waals surface area contributed by atoms with Crippen LogP contribution in [0, 0.1) is 0 Å². The van der Waals surface area contributed by atoms with E-state index in [4.69, 9.17) is 16.3 Å². The van der Waals surface area contributed by atoms with Gasteiger partial charge in [0.15, 0.2) is 0 Å². The number of carbonyl (C=O) groups is 2. The number of amides is 3. The fourth-order valence-electron chi connectivity index (χ4n) is 2.90. The van der Waals surface area contributed by atoms with E-state index in [-0.39, 0.29) is 11.9 Å². The van der Waals surface area contributed by atoms with Crippen LogP contribution in [0.25, 0.3) is 0 Å². The van der Waals surface area contributed by atoms with Crippen molar-refractivity contribution in [2.24, 2.45) is 0 Å². The molecule has 140 valence electrons. The van der Waals surface area contributed by atoms with E-state index >= 15 is 0 Å². The predicted octanol–water partition coefficient (Wildman–Crippen LogP) is 4.01. The minimum atomic E-state index is -0.568. The van der Waals surface area contributed by atoms with Gasteiger partial charge in [0.05, 0.1) is 18.2 Å². The number of anilines is 1. The molecule has 3 N–H and O–H groups in total. The minimum absolute atomic E-state index is 0.304. The molecule has 2 aromatic carbocycles. The van der Waals surface area contributed by atoms with Crippen molar-refractivity contribution in [3.05, 3.63) is 70.4 Å². The predicted molar refractivity (Wildman–Crippen MR) is 105 cm³/mol. The molecule has 1 aliphatic heterocycles. The lowest BCUT2D eigenvalue weighted by Gasteiger charge is -2.28. The van der Waals surface area contributed by atoms with E-state index < -0.39 is 6.04 Å². The quantitative estimate of drug-likeness (QED) is 0.727. The first-order valence-electron chi connectivity index (χ1n) is 8.56. The number of urea groups is 1. The highest BCUT2D eigenvalue weighted by Gasteiger charge is 2.31. The first kappa shape index (κ1) is 18.8. The van der Waals surface area contributed by atoms with Gasteiger partial charge in [-0.25, -0.2) is 4.79 Å². The van der Waals surface area contributed by atoms with Crippen LogP contribution in [-0.2, 0) is 4.79 Å². The van der Waals surface area contributed by atoms with Gasteiger partial charge in [-0.3, -0.25) is 4.79 Å². The van der Waals surface area contributed by atoms with Crippen LogP contribution in [0.1, 0.15) is 25.5 Å². The molecule has 0 unspecified atom stereocenters. The maximum atomic E-state index is 12.9. The van der Waals surface area contributed by atoms with Crippen LogP contribution in [-0.4, -0.2) is 18.5 Å². The number of allylic oxidation sites excluding steroid dienone is 1. The van der Waals surface area contributed by atoms with Crippen LogP contribution in [0.4, 0.5) is 10.5 Å². The number of rotatable bonds is 5. The van der Waals surface area contributed by atoms with Crippen LogP contribution in [0.15, 0.2) is 59.8 Å². The summed E-state index contributed by atoms with van der Waals surface area (Å²) >= 11 is 5.88. The summed E-state index contributed by atoms with van der Waals surface area (Å²) < 4.78 is 5.45. The van der Waals surface area contributed by atoms with Gasteiger partial charge in [-0.05, 0) is 55.8 Å². The Hall–Kier alpha value is -2.99. The highest BCUT2D eigenvalue weighted by atomic mass is 35.5. The number of hydrogen-bond acceptors (Lipinski definition) is 3. The zero-order valence-electron chi connectivity index (χ0n) is 15.0. The van der Waals surface area contributed by atoms with Crippen LogP contribution >= 0.6 is 11.6 Å². The molecule has 0 fully saturated rings. The fraction of sp³-hybridized carbons (Fsp3) is 0.200. The normalized spacial score (nSPS) is 16.4. The van der Waals surface area contributed by atoms with Crippen LogP contribution in [0.2, 0.25) is 5.02 Å².